The Balaban J connectivity index is 1.71. The molecular weight excluding hydrogens is 307 g/mol. The van der Waals surface area contributed by atoms with E-state index in [2.05, 4.69) is 25.6 Å². The fraction of sp³-hybridized carbons (Fsp3) is 0.400. The van der Waals surface area contributed by atoms with E-state index in [1.54, 1.807) is 0 Å². The van der Waals surface area contributed by atoms with Crippen LogP contribution >= 0.6 is 0 Å². The Labute approximate surface area is 131 Å². The van der Waals surface area contributed by atoms with Gasteiger partial charge in [0.15, 0.2) is 0 Å². The van der Waals surface area contributed by atoms with E-state index in [-0.39, 0.29) is 0 Å². The number of hydrogen-bond acceptors (Lipinski definition) is 5. The fourth-order valence-electron chi connectivity index (χ4n) is 2.51. The van der Waals surface area contributed by atoms with Crippen molar-refractivity contribution in [1.82, 2.24) is 20.3 Å². The molecule has 0 unspecified atom stereocenters. The monoisotopic (exact) mass is 323 g/mol. The van der Waals surface area contributed by atoms with Gasteiger partial charge in [-0.05, 0) is 24.6 Å². The Morgan fingerprint density at radius 2 is 1.91 bits per heavy atom. The molecule has 0 radical (unpaired) electrons. The second kappa shape index (κ2) is 6.49. The van der Waals surface area contributed by atoms with Crippen LogP contribution in [0.15, 0.2) is 24.7 Å². The maximum atomic E-state index is 12.5. The van der Waals surface area contributed by atoms with Gasteiger partial charge >= 0.3 is 6.18 Å². The molecule has 0 amide bonds. The molecule has 2 aromatic heterocycles. The van der Waals surface area contributed by atoms with E-state index in [1.165, 1.54) is 18.6 Å². The lowest BCUT2D eigenvalue weighted by Crippen LogP contribution is -2.16. The molecule has 0 saturated carbocycles. The molecule has 1 aliphatic heterocycles. The van der Waals surface area contributed by atoms with Crippen LogP contribution in [0.5, 0.6) is 0 Å². The van der Waals surface area contributed by atoms with Crippen molar-refractivity contribution < 1.29 is 13.2 Å². The predicted molar refractivity (Wildman–Crippen MR) is 78.9 cm³/mol. The summed E-state index contributed by atoms with van der Waals surface area (Å²) in [5.74, 6) is 0.735. The van der Waals surface area contributed by atoms with E-state index in [0.29, 0.717) is 12.1 Å². The van der Waals surface area contributed by atoms with Crippen LogP contribution in [0.3, 0.4) is 0 Å². The molecule has 8 heteroatoms. The number of aromatic nitrogens is 3. The minimum absolute atomic E-state index is 0.363. The molecule has 0 aromatic carbocycles. The summed E-state index contributed by atoms with van der Waals surface area (Å²) in [4.78, 5) is 12.0. The van der Waals surface area contributed by atoms with E-state index in [9.17, 15) is 13.2 Å². The second-order valence-corrected chi connectivity index (χ2v) is 5.30. The highest BCUT2D eigenvalue weighted by molar-refractivity contribution is 5.47. The average Bonchev–Trinajstić information content (AvgIpc) is 2.78. The molecule has 23 heavy (non-hydrogen) atoms. The maximum absolute atomic E-state index is 12.5. The summed E-state index contributed by atoms with van der Waals surface area (Å²) < 4.78 is 37.5. The van der Waals surface area contributed by atoms with Crippen molar-refractivity contribution in [2.24, 2.45) is 0 Å². The van der Waals surface area contributed by atoms with Crippen LogP contribution in [0.2, 0.25) is 0 Å². The van der Waals surface area contributed by atoms with Gasteiger partial charge in [0.1, 0.15) is 17.8 Å². The van der Waals surface area contributed by atoms with Gasteiger partial charge in [-0.3, -0.25) is 4.98 Å². The highest BCUT2D eigenvalue weighted by Crippen LogP contribution is 2.27. The number of pyridine rings is 1. The number of fused-ring (bicyclic) bond motifs is 1. The minimum Gasteiger partial charge on any atom is -0.366 e. The molecule has 5 nitrogen and oxygen atoms in total. The maximum Gasteiger partial charge on any atom is 0.433 e. The number of rotatable bonds is 3. The average molecular weight is 323 g/mol. The number of anilines is 1. The number of nitrogens with one attached hydrogen (secondary N) is 2. The summed E-state index contributed by atoms with van der Waals surface area (Å²) in [6, 6.07) is 2.41. The molecule has 2 N–H and O–H groups in total. The summed E-state index contributed by atoms with van der Waals surface area (Å²) >= 11 is 0. The third-order valence-corrected chi connectivity index (χ3v) is 3.70. The first kappa shape index (κ1) is 15.7. The smallest absolute Gasteiger partial charge is 0.366 e. The van der Waals surface area contributed by atoms with Crippen molar-refractivity contribution in [2.45, 2.75) is 25.6 Å². The van der Waals surface area contributed by atoms with Crippen LogP contribution in [0, 0.1) is 0 Å². The number of nitrogens with zero attached hydrogens (tertiary/aromatic N) is 3. The Morgan fingerprint density at radius 1 is 1.09 bits per heavy atom. The Bertz CT molecular complexity index is 670. The molecule has 2 aromatic rings. The van der Waals surface area contributed by atoms with Crippen molar-refractivity contribution in [3.05, 3.63) is 47.2 Å². The van der Waals surface area contributed by atoms with Gasteiger partial charge in [0.05, 0.1) is 5.69 Å². The third-order valence-electron chi connectivity index (χ3n) is 3.70. The van der Waals surface area contributed by atoms with Crippen molar-refractivity contribution in [3.63, 3.8) is 0 Å². The lowest BCUT2D eigenvalue weighted by molar-refractivity contribution is -0.141. The lowest BCUT2D eigenvalue weighted by atomic mass is 10.1. The van der Waals surface area contributed by atoms with Crippen LogP contribution in [0.1, 0.15) is 22.5 Å². The summed E-state index contributed by atoms with van der Waals surface area (Å²) in [5, 5.41) is 6.48. The first-order valence-corrected chi connectivity index (χ1v) is 7.33. The zero-order valence-corrected chi connectivity index (χ0v) is 12.3. The SMILES string of the molecule is FC(F)(F)c1ccc(CNc2ncnc3c2CCNCC3)cn1. The van der Waals surface area contributed by atoms with Crippen molar-refractivity contribution in [2.75, 3.05) is 18.4 Å². The largest absolute Gasteiger partial charge is 0.433 e. The van der Waals surface area contributed by atoms with Gasteiger partial charge < -0.3 is 10.6 Å². The van der Waals surface area contributed by atoms with Gasteiger partial charge in [-0.25, -0.2) is 9.97 Å². The molecule has 0 fully saturated rings. The van der Waals surface area contributed by atoms with Crippen molar-refractivity contribution in [1.29, 1.82) is 0 Å². The third kappa shape index (κ3) is 3.76. The summed E-state index contributed by atoms with van der Waals surface area (Å²) in [6.07, 6.45) is -0.00417. The minimum atomic E-state index is -4.41. The number of halogens is 3. The molecule has 122 valence electrons. The standard InChI is InChI=1S/C15H16F3N5/c16-15(17,18)13-2-1-10(7-20-13)8-21-14-11-3-5-19-6-4-12(11)22-9-23-14/h1-2,7,9,19H,3-6,8H2,(H,21,22,23). The first-order chi connectivity index (χ1) is 11.0. The molecule has 3 heterocycles. The van der Waals surface area contributed by atoms with Gasteiger partial charge in [-0.2, -0.15) is 13.2 Å². The van der Waals surface area contributed by atoms with E-state index in [1.807, 2.05) is 0 Å². The van der Waals surface area contributed by atoms with Crippen LogP contribution in [-0.2, 0) is 25.6 Å². The molecular formula is C15H16F3N5. The summed E-state index contributed by atoms with van der Waals surface area (Å²) in [6.45, 7) is 2.10. The molecule has 0 aliphatic carbocycles. The van der Waals surface area contributed by atoms with Gasteiger partial charge in [-0.15, -0.1) is 0 Å². The topological polar surface area (TPSA) is 62.7 Å². The van der Waals surface area contributed by atoms with Crippen molar-refractivity contribution in [3.8, 4) is 0 Å². The number of alkyl halides is 3. The Kier molecular flexibility index (Phi) is 4.42. The summed E-state index contributed by atoms with van der Waals surface area (Å²) in [7, 11) is 0. The first-order valence-electron chi connectivity index (χ1n) is 7.33. The predicted octanol–water partition coefficient (Wildman–Crippen LogP) is 2.19. The van der Waals surface area contributed by atoms with Crippen LogP contribution in [0.4, 0.5) is 19.0 Å². The molecule has 0 saturated heterocycles. The zero-order chi connectivity index (χ0) is 16.3. The highest BCUT2D eigenvalue weighted by Gasteiger charge is 2.31. The van der Waals surface area contributed by atoms with E-state index in [4.69, 9.17) is 0 Å². The van der Waals surface area contributed by atoms with Crippen LogP contribution in [-0.4, -0.2) is 28.0 Å². The van der Waals surface area contributed by atoms with Gasteiger partial charge in [0.25, 0.3) is 0 Å². The quantitative estimate of drug-likeness (QED) is 0.907. The molecule has 1 aliphatic rings. The normalized spacial score (nSPS) is 14.9. The molecule has 0 spiro atoms. The number of hydrogen-bond donors (Lipinski definition) is 2. The van der Waals surface area contributed by atoms with Gasteiger partial charge in [0.2, 0.25) is 0 Å². The van der Waals surface area contributed by atoms with E-state index >= 15 is 0 Å². The Hall–Kier alpha value is -2.22. The van der Waals surface area contributed by atoms with Crippen LogP contribution < -0.4 is 10.6 Å². The lowest BCUT2D eigenvalue weighted by Gasteiger charge is -2.12. The van der Waals surface area contributed by atoms with E-state index < -0.39 is 11.9 Å². The van der Waals surface area contributed by atoms with Gasteiger partial charge in [-0.1, -0.05) is 6.07 Å². The van der Waals surface area contributed by atoms with Crippen LogP contribution in [0.25, 0.3) is 0 Å². The molecule has 3 rings (SSSR count). The summed E-state index contributed by atoms with van der Waals surface area (Å²) in [5.41, 5.74) is 1.86. The molecule has 0 bridgehead atoms. The van der Waals surface area contributed by atoms with Gasteiger partial charge in [0, 0.05) is 31.3 Å². The Morgan fingerprint density at radius 3 is 2.65 bits per heavy atom. The molecule has 0 atom stereocenters. The van der Waals surface area contributed by atoms with E-state index in [0.717, 1.165) is 49.1 Å². The van der Waals surface area contributed by atoms with Crippen molar-refractivity contribution >= 4 is 5.82 Å². The fourth-order valence-corrected chi connectivity index (χ4v) is 2.51. The highest BCUT2D eigenvalue weighted by atomic mass is 19.4. The zero-order valence-electron chi connectivity index (χ0n) is 12.3. The second-order valence-electron chi connectivity index (χ2n) is 5.30.